The molecule has 1 aromatic carbocycles. The first-order valence-corrected chi connectivity index (χ1v) is 6.59. The van der Waals surface area contributed by atoms with E-state index in [1.54, 1.807) is 23.9 Å². The fraction of sp³-hybridized carbons (Fsp3) is 0.462. The lowest BCUT2D eigenvalue weighted by molar-refractivity contribution is 0.612. The normalized spacial score (nSPS) is 12.1. The predicted molar refractivity (Wildman–Crippen MR) is 66.7 cm³/mol. The van der Waals surface area contributed by atoms with Gasteiger partial charge in [-0.3, -0.25) is 0 Å². The van der Waals surface area contributed by atoms with E-state index in [1.165, 1.54) is 6.07 Å². The molecule has 0 N–H and O–H groups in total. The second-order valence-electron chi connectivity index (χ2n) is 3.92. The van der Waals surface area contributed by atoms with E-state index in [1.807, 2.05) is 6.07 Å². The number of thioether (sulfide) groups is 1. The highest BCUT2D eigenvalue weighted by atomic mass is 32.2. The van der Waals surface area contributed by atoms with Gasteiger partial charge in [-0.25, -0.2) is 4.39 Å². The second-order valence-corrected chi connectivity index (χ2v) is 4.95. The molecule has 0 spiro atoms. The van der Waals surface area contributed by atoms with Gasteiger partial charge in [-0.1, -0.05) is 32.4 Å². The second kappa shape index (κ2) is 6.55. The van der Waals surface area contributed by atoms with Crippen molar-refractivity contribution < 1.29 is 4.39 Å². The van der Waals surface area contributed by atoms with Gasteiger partial charge in [0.2, 0.25) is 0 Å². The van der Waals surface area contributed by atoms with E-state index < -0.39 is 0 Å². The smallest absolute Gasteiger partial charge is 0.144 e. The molecule has 0 heterocycles. The molecule has 0 saturated heterocycles. The van der Waals surface area contributed by atoms with Crippen LogP contribution in [0.15, 0.2) is 18.2 Å². The summed E-state index contributed by atoms with van der Waals surface area (Å²) in [5, 5.41) is 8.70. The molecule has 0 aliphatic heterocycles. The molecule has 1 nitrogen and oxygen atoms in total. The van der Waals surface area contributed by atoms with Crippen LogP contribution < -0.4 is 0 Å². The van der Waals surface area contributed by atoms with Gasteiger partial charge in [0.25, 0.3) is 0 Å². The average molecular weight is 237 g/mol. The summed E-state index contributed by atoms with van der Waals surface area (Å²) >= 11 is 1.72. The van der Waals surface area contributed by atoms with E-state index in [-0.39, 0.29) is 11.4 Å². The summed E-state index contributed by atoms with van der Waals surface area (Å²) in [6, 6.07) is 6.86. The van der Waals surface area contributed by atoms with E-state index in [0.717, 1.165) is 12.2 Å². The summed E-state index contributed by atoms with van der Waals surface area (Å²) in [6.45, 7) is 4.34. The third-order valence-corrected chi connectivity index (χ3v) is 3.88. The van der Waals surface area contributed by atoms with Crippen LogP contribution in [0.2, 0.25) is 0 Å². The maximum absolute atomic E-state index is 13.6. The van der Waals surface area contributed by atoms with Gasteiger partial charge in [-0.2, -0.15) is 17.0 Å². The van der Waals surface area contributed by atoms with Crippen molar-refractivity contribution in [2.45, 2.75) is 26.0 Å². The predicted octanol–water partition coefficient (Wildman–Crippen LogP) is 3.98. The highest BCUT2D eigenvalue weighted by molar-refractivity contribution is 7.98. The Hall–Kier alpha value is -1.01. The van der Waals surface area contributed by atoms with E-state index in [4.69, 9.17) is 5.26 Å². The van der Waals surface area contributed by atoms with Crippen molar-refractivity contribution in [3.05, 3.63) is 35.1 Å². The van der Waals surface area contributed by atoms with E-state index >= 15 is 0 Å². The summed E-state index contributed by atoms with van der Waals surface area (Å²) in [7, 11) is 0. The minimum atomic E-state index is -0.360. The van der Waals surface area contributed by atoms with Crippen molar-refractivity contribution >= 4 is 11.8 Å². The molecule has 86 valence electrons. The zero-order chi connectivity index (χ0) is 12.0. The van der Waals surface area contributed by atoms with E-state index in [2.05, 4.69) is 13.8 Å². The zero-order valence-electron chi connectivity index (χ0n) is 9.66. The van der Waals surface area contributed by atoms with Gasteiger partial charge in [0.1, 0.15) is 11.9 Å². The third kappa shape index (κ3) is 3.53. The van der Waals surface area contributed by atoms with Crippen LogP contribution >= 0.6 is 11.8 Å². The van der Waals surface area contributed by atoms with Gasteiger partial charge >= 0.3 is 0 Å². The zero-order valence-corrected chi connectivity index (χ0v) is 10.5. The van der Waals surface area contributed by atoms with Crippen molar-refractivity contribution in [1.29, 1.82) is 5.26 Å². The first kappa shape index (κ1) is 13.1. The summed E-state index contributed by atoms with van der Waals surface area (Å²) in [5.74, 6) is 1.98. The lowest BCUT2D eigenvalue weighted by Crippen LogP contribution is -1.97. The summed E-state index contributed by atoms with van der Waals surface area (Å²) in [5.41, 5.74) is 0.772. The van der Waals surface area contributed by atoms with Gasteiger partial charge in [0.05, 0.1) is 5.56 Å². The van der Waals surface area contributed by atoms with Crippen molar-refractivity contribution in [1.82, 2.24) is 0 Å². The minimum absolute atomic E-state index is 0.140. The maximum Gasteiger partial charge on any atom is 0.144 e. The monoisotopic (exact) mass is 237 g/mol. The van der Waals surface area contributed by atoms with Crippen LogP contribution in [0.5, 0.6) is 0 Å². The molecule has 1 rings (SSSR count). The molecule has 1 atom stereocenters. The molecule has 0 fully saturated rings. The summed E-state index contributed by atoms with van der Waals surface area (Å²) in [6.07, 6.45) is 1.15. The number of nitrogens with zero attached hydrogens (tertiary/aromatic N) is 1. The topological polar surface area (TPSA) is 23.8 Å². The number of halogens is 1. The van der Waals surface area contributed by atoms with Crippen LogP contribution in [0.4, 0.5) is 4.39 Å². The molecule has 0 aromatic heterocycles. The molecule has 0 saturated carbocycles. The van der Waals surface area contributed by atoms with Gasteiger partial charge < -0.3 is 0 Å². The first-order valence-electron chi connectivity index (χ1n) is 5.44. The Morgan fingerprint density at radius 1 is 1.50 bits per heavy atom. The van der Waals surface area contributed by atoms with Gasteiger partial charge in [0, 0.05) is 5.75 Å². The van der Waals surface area contributed by atoms with E-state index in [9.17, 15) is 4.39 Å². The van der Waals surface area contributed by atoms with Crippen LogP contribution in [-0.4, -0.2) is 5.75 Å². The minimum Gasteiger partial charge on any atom is -0.205 e. The highest BCUT2D eigenvalue weighted by Gasteiger charge is 2.07. The first-order chi connectivity index (χ1) is 7.69. The fourth-order valence-corrected chi connectivity index (χ4v) is 2.46. The number of rotatable bonds is 5. The lowest BCUT2D eigenvalue weighted by Gasteiger charge is -2.08. The van der Waals surface area contributed by atoms with Crippen molar-refractivity contribution in [3.63, 3.8) is 0 Å². The molecular weight excluding hydrogens is 221 g/mol. The number of hydrogen-bond donors (Lipinski definition) is 0. The lowest BCUT2D eigenvalue weighted by atomic mass is 10.1. The van der Waals surface area contributed by atoms with Crippen LogP contribution in [0.3, 0.4) is 0 Å². The molecular formula is C13H16FNS. The third-order valence-electron chi connectivity index (χ3n) is 2.56. The molecule has 0 aliphatic rings. The molecule has 1 aromatic rings. The summed E-state index contributed by atoms with van der Waals surface area (Å²) in [4.78, 5) is 0. The van der Waals surface area contributed by atoms with Crippen LogP contribution in [0.25, 0.3) is 0 Å². The van der Waals surface area contributed by atoms with Crippen LogP contribution in [0.1, 0.15) is 31.4 Å². The Labute approximate surface area is 101 Å². The van der Waals surface area contributed by atoms with Crippen molar-refractivity contribution in [3.8, 4) is 6.07 Å². The largest absolute Gasteiger partial charge is 0.205 e. The average Bonchev–Trinajstić information content (AvgIpc) is 2.31. The molecule has 0 aliphatic carbocycles. The van der Waals surface area contributed by atoms with Gasteiger partial charge in [-0.15, -0.1) is 0 Å². The molecule has 0 radical (unpaired) electrons. The number of benzene rings is 1. The Kier molecular flexibility index (Phi) is 5.34. The molecule has 3 heteroatoms. The standard InChI is InChI=1S/C13H16FNS/c1-3-10(2)8-16-9-12-6-4-5-11(7-15)13(12)14/h4-6,10H,3,8-9H2,1-2H3. The van der Waals surface area contributed by atoms with Crippen LogP contribution in [-0.2, 0) is 5.75 Å². The number of nitriles is 1. The van der Waals surface area contributed by atoms with Crippen molar-refractivity contribution in [2.24, 2.45) is 5.92 Å². The Morgan fingerprint density at radius 3 is 2.88 bits per heavy atom. The molecule has 0 amide bonds. The SMILES string of the molecule is CCC(C)CSCc1cccc(C#N)c1F. The van der Waals surface area contributed by atoms with Crippen LogP contribution in [0, 0.1) is 23.1 Å². The molecule has 0 bridgehead atoms. The fourth-order valence-electron chi connectivity index (χ4n) is 1.27. The van der Waals surface area contributed by atoms with Gasteiger partial charge in [-0.05, 0) is 23.3 Å². The van der Waals surface area contributed by atoms with Crippen molar-refractivity contribution in [2.75, 3.05) is 5.75 Å². The Balaban J connectivity index is 2.58. The Morgan fingerprint density at radius 2 is 2.25 bits per heavy atom. The summed E-state index contributed by atoms with van der Waals surface area (Å²) < 4.78 is 13.6. The number of hydrogen-bond acceptors (Lipinski definition) is 2. The maximum atomic E-state index is 13.6. The molecule has 1 unspecified atom stereocenters. The van der Waals surface area contributed by atoms with E-state index in [0.29, 0.717) is 17.2 Å². The highest BCUT2D eigenvalue weighted by Crippen LogP contribution is 2.20. The Bertz CT molecular complexity index is 384. The van der Waals surface area contributed by atoms with Gasteiger partial charge in [0.15, 0.2) is 0 Å². The quantitative estimate of drug-likeness (QED) is 0.773. The molecule has 16 heavy (non-hydrogen) atoms.